The third-order valence-corrected chi connectivity index (χ3v) is 13.4. The molecule has 2 N–H and O–H groups in total. The van der Waals surface area contributed by atoms with Gasteiger partial charge in [-0.2, -0.15) is 0 Å². The molecule has 3 unspecified atom stereocenters. The normalized spacial score (nSPS) is 14.5. The molecule has 0 radical (unpaired) electrons. The number of nitrogens with zero attached hydrogens (tertiary/aromatic N) is 1. The number of hydrogen-bond donors (Lipinski definition) is 2. The maximum absolute atomic E-state index is 13.0. The summed E-state index contributed by atoms with van der Waals surface area (Å²) in [5, 5.41) is 14.0. The van der Waals surface area contributed by atoms with Crippen LogP contribution >= 0.6 is 7.82 Å². The molecule has 0 aliphatic rings. The van der Waals surface area contributed by atoms with Gasteiger partial charge in [0.05, 0.1) is 39.9 Å². The van der Waals surface area contributed by atoms with Crippen LogP contribution in [0.25, 0.3) is 0 Å². The summed E-state index contributed by atoms with van der Waals surface area (Å²) in [7, 11) is 1.28. The Morgan fingerprint density at radius 1 is 0.529 bits per heavy atom. The molecular formula is C59H109N2O6P. The fourth-order valence-electron chi connectivity index (χ4n) is 8.04. The molecular weight excluding hydrogens is 864 g/mol. The van der Waals surface area contributed by atoms with Crippen LogP contribution < -0.4 is 10.2 Å². The van der Waals surface area contributed by atoms with Gasteiger partial charge in [0.15, 0.2) is 0 Å². The van der Waals surface area contributed by atoms with Gasteiger partial charge in [-0.1, -0.05) is 247 Å². The molecule has 0 aromatic rings. The standard InChI is InChI=1S/C59H109N2O6P/c1-6-8-10-12-14-16-18-20-22-24-26-28-30-32-34-36-38-40-42-44-46-48-50-52-58(62)57(56-67-68(64,65)66-55-54-61(3,4)5)60-59(63)53-51-49-47-45-43-41-39-37-35-33-31-29-27-25-23-21-19-17-15-13-11-9-7-2/h9,11,15,17,21,23,27,29,33,35,39,41,57-58,62H,6-8,10,12-14,16,18-20,22,24-26,28,30-32,34,36-38,40,42-56H2,1-5H3,(H-,60,63,64,65)/b11-9-,17-15-,23-21-,29-27-,35-33-,41-39-. The Bertz CT molecular complexity index is 1330. The number of rotatable bonds is 51. The number of quaternary nitrogens is 1. The van der Waals surface area contributed by atoms with Crippen LogP contribution in [0.15, 0.2) is 72.9 Å². The summed E-state index contributed by atoms with van der Waals surface area (Å²) in [6.45, 7) is 4.60. The summed E-state index contributed by atoms with van der Waals surface area (Å²) >= 11 is 0. The maximum Gasteiger partial charge on any atom is 0.268 e. The molecule has 0 saturated carbocycles. The van der Waals surface area contributed by atoms with E-state index in [4.69, 9.17) is 9.05 Å². The van der Waals surface area contributed by atoms with Crippen LogP contribution in [0.5, 0.6) is 0 Å². The van der Waals surface area contributed by atoms with Gasteiger partial charge in [-0.3, -0.25) is 9.36 Å². The number of hydrogen-bond acceptors (Lipinski definition) is 6. The number of allylic oxidation sites excluding steroid dienone is 12. The average molecular weight is 974 g/mol. The van der Waals surface area contributed by atoms with E-state index in [0.717, 1.165) is 89.9 Å². The summed E-state index contributed by atoms with van der Waals surface area (Å²) in [6.07, 6.45) is 67.8. The fourth-order valence-corrected chi connectivity index (χ4v) is 8.77. The number of carbonyl (C=O) groups excluding carboxylic acids is 1. The van der Waals surface area contributed by atoms with Crippen molar-refractivity contribution in [3.63, 3.8) is 0 Å². The maximum atomic E-state index is 13.0. The first-order valence-corrected chi connectivity index (χ1v) is 29.7. The van der Waals surface area contributed by atoms with Crippen molar-refractivity contribution in [3.05, 3.63) is 72.9 Å². The highest BCUT2D eigenvalue weighted by molar-refractivity contribution is 7.45. The first-order valence-electron chi connectivity index (χ1n) is 28.3. The lowest BCUT2D eigenvalue weighted by Gasteiger charge is -2.30. The van der Waals surface area contributed by atoms with E-state index in [0.29, 0.717) is 23.9 Å². The second kappa shape index (κ2) is 49.9. The molecule has 0 spiro atoms. The van der Waals surface area contributed by atoms with Gasteiger partial charge < -0.3 is 28.8 Å². The van der Waals surface area contributed by atoms with E-state index < -0.39 is 20.0 Å². The van der Waals surface area contributed by atoms with Crippen LogP contribution in [0.2, 0.25) is 0 Å². The first-order chi connectivity index (χ1) is 33.0. The highest BCUT2D eigenvalue weighted by Gasteiger charge is 2.24. The Morgan fingerprint density at radius 2 is 0.897 bits per heavy atom. The average Bonchev–Trinajstić information content (AvgIpc) is 3.30. The van der Waals surface area contributed by atoms with Gasteiger partial charge in [0.25, 0.3) is 7.82 Å². The first kappa shape index (κ1) is 65.9. The number of likely N-dealkylation sites (N-methyl/N-ethyl adjacent to an activating group) is 1. The Kier molecular flexibility index (Phi) is 48.4. The molecule has 0 bridgehead atoms. The van der Waals surface area contributed by atoms with Gasteiger partial charge in [0.1, 0.15) is 13.2 Å². The molecule has 3 atom stereocenters. The Hall–Kier alpha value is -2.06. The smallest absolute Gasteiger partial charge is 0.268 e. The lowest BCUT2D eigenvalue weighted by atomic mass is 10.0. The second-order valence-corrected chi connectivity index (χ2v) is 21.7. The zero-order valence-corrected chi connectivity index (χ0v) is 45.9. The number of phosphoric ester groups is 1. The zero-order valence-electron chi connectivity index (χ0n) is 45.0. The third-order valence-electron chi connectivity index (χ3n) is 12.5. The van der Waals surface area contributed by atoms with Crippen LogP contribution in [-0.4, -0.2) is 68.5 Å². The summed E-state index contributed by atoms with van der Waals surface area (Å²) in [5.41, 5.74) is 0. The van der Waals surface area contributed by atoms with E-state index in [1.165, 1.54) is 128 Å². The highest BCUT2D eigenvalue weighted by Crippen LogP contribution is 2.38. The Labute approximate surface area is 421 Å². The second-order valence-electron chi connectivity index (χ2n) is 20.3. The lowest BCUT2D eigenvalue weighted by Crippen LogP contribution is -2.46. The third kappa shape index (κ3) is 51.8. The summed E-state index contributed by atoms with van der Waals surface area (Å²) in [5.74, 6) is -0.189. The summed E-state index contributed by atoms with van der Waals surface area (Å²) in [4.78, 5) is 25.5. The van der Waals surface area contributed by atoms with E-state index in [-0.39, 0.29) is 19.1 Å². The van der Waals surface area contributed by atoms with Crippen LogP contribution in [0.3, 0.4) is 0 Å². The van der Waals surface area contributed by atoms with Crippen molar-refractivity contribution in [1.29, 1.82) is 0 Å². The van der Waals surface area contributed by atoms with Crippen molar-refractivity contribution in [2.75, 3.05) is 40.9 Å². The molecule has 396 valence electrons. The highest BCUT2D eigenvalue weighted by atomic mass is 31.2. The molecule has 0 aliphatic carbocycles. The van der Waals surface area contributed by atoms with Gasteiger partial charge >= 0.3 is 0 Å². The van der Waals surface area contributed by atoms with E-state index in [1.807, 2.05) is 21.1 Å². The van der Waals surface area contributed by atoms with Gasteiger partial charge in [-0.05, 0) is 64.2 Å². The van der Waals surface area contributed by atoms with Crippen molar-refractivity contribution in [2.24, 2.45) is 0 Å². The minimum absolute atomic E-state index is 0.00343. The molecule has 9 heteroatoms. The topological polar surface area (TPSA) is 108 Å². The van der Waals surface area contributed by atoms with E-state index in [9.17, 15) is 19.4 Å². The number of nitrogens with one attached hydrogen (secondary N) is 1. The lowest BCUT2D eigenvalue weighted by molar-refractivity contribution is -0.870. The minimum Gasteiger partial charge on any atom is -0.756 e. The number of phosphoric acid groups is 1. The summed E-state index contributed by atoms with van der Waals surface area (Å²) in [6, 6.07) is -0.820. The van der Waals surface area contributed by atoms with Crippen LogP contribution in [0.4, 0.5) is 0 Å². The van der Waals surface area contributed by atoms with Gasteiger partial charge in [-0.15, -0.1) is 0 Å². The van der Waals surface area contributed by atoms with Gasteiger partial charge in [0, 0.05) is 6.42 Å². The van der Waals surface area contributed by atoms with Crippen molar-refractivity contribution >= 4 is 13.7 Å². The van der Waals surface area contributed by atoms with Crippen LogP contribution in [0.1, 0.15) is 245 Å². The van der Waals surface area contributed by atoms with Crippen molar-refractivity contribution in [1.82, 2.24) is 5.32 Å². The predicted octanol–water partition coefficient (Wildman–Crippen LogP) is 16.5. The molecule has 0 aromatic carbocycles. The Morgan fingerprint density at radius 3 is 1.31 bits per heavy atom. The molecule has 8 nitrogen and oxygen atoms in total. The molecule has 0 aromatic heterocycles. The number of unbranched alkanes of at least 4 members (excludes halogenated alkanes) is 26. The van der Waals surface area contributed by atoms with E-state index in [2.05, 4.69) is 92.1 Å². The van der Waals surface area contributed by atoms with E-state index in [1.54, 1.807) is 0 Å². The SMILES string of the molecule is CC/C=C\C/C=C\C/C=C\C/C=C\C/C=C\C/C=C\CCCCCCC(=O)NC(COP(=O)([O-])OCC[N+](C)(C)C)C(O)CCCCCCCCCCCCCCCCCCCCCCCCC. The monoisotopic (exact) mass is 973 g/mol. The zero-order chi connectivity index (χ0) is 49.9. The quantitative estimate of drug-likeness (QED) is 0.0272. The predicted molar refractivity (Wildman–Crippen MR) is 293 cm³/mol. The number of amides is 1. The van der Waals surface area contributed by atoms with Crippen molar-refractivity contribution in [3.8, 4) is 0 Å². The minimum atomic E-state index is -4.59. The van der Waals surface area contributed by atoms with Crippen LogP contribution in [0, 0.1) is 0 Å². The number of carbonyl (C=O) groups is 1. The molecule has 1 amide bonds. The van der Waals surface area contributed by atoms with Crippen molar-refractivity contribution < 1.29 is 32.9 Å². The number of aliphatic hydroxyl groups is 1. The van der Waals surface area contributed by atoms with Gasteiger partial charge in [0.2, 0.25) is 5.91 Å². The largest absolute Gasteiger partial charge is 0.756 e. The fraction of sp³-hybridized carbons (Fsp3) is 0.780. The molecule has 68 heavy (non-hydrogen) atoms. The molecule has 0 rings (SSSR count). The molecule has 0 aliphatic heterocycles. The molecule has 0 fully saturated rings. The molecule has 0 saturated heterocycles. The van der Waals surface area contributed by atoms with E-state index >= 15 is 0 Å². The number of aliphatic hydroxyl groups excluding tert-OH is 1. The molecule has 0 heterocycles. The van der Waals surface area contributed by atoms with Gasteiger partial charge in [-0.25, -0.2) is 0 Å². The summed E-state index contributed by atoms with van der Waals surface area (Å²) < 4.78 is 23.4. The Balaban J connectivity index is 4.27. The van der Waals surface area contributed by atoms with Crippen LogP contribution in [-0.2, 0) is 18.4 Å². The van der Waals surface area contributed by atoms with Crippen molar-refractivity contribution in [2.45, 2.75) is 257 Å².